The number of hydrogen-bond donors (Lipinski definition) is 2. The maximum absolute atomic E-state index is 12.3. The number of carbonyl (C=O) groups is 2. The van der Waals surface area contributed by atoms with E-state index in [2.05, 4.69) is 15.8 Å². The molecule has 0 fully saturated rings. The molecule has 0 saturated carbocycles. The van der Waals surface area contributed by atoms with Gasteiger partial charge >= 0.3 is 0 Å². The van der Waals surface area contributed by atoms with E-state index in [-0.39, 0.29) is 5.56 Å². The number of carbonyl (C=O) groups excluding carboxylic acids is 2. The molecule has 0 aliphatic carbocycles. The van der Waals surface area contributed by atoms with Crippen LogP contribution in [0.2, 0.25) is 0 Å². The summed E-state index contributed by atoms with van der Waals surface area (Å²) in [7, 11) is 0. The molecule has 0 aromatic carbocycles. The molecular weight excluding hydrogens is 298 g/mol. The van der Waals surface area contributed by atoms with E-state index in [1.165, 1.54) is 18.3 Å². The van der Waals surface area contributed by atoms with Crippen molar-refractivity contribution >= 4 is 17.5 Å². The summed E-state index contributed by atoms with van der Waals surface area (Å²) in [6.07, 6.45) is 4.09. The maximum atomic E-state index is 12.3. The molecule has 23 heavy (non-hydrogen) atoms. The van der Waals surface area contributed by atoms with Crippen molar-refractivity contribution in [2.75, 3.05) is 0 Å². The number of hydrazine groups is 1. The van der Waals surface area contributed by atoms with Gasteiger partial charge in [0.2, 0.25) is 0 Å². The first-order valence-corrected chi connectivity index (χ1v) is 6.79. The van der Waals surface area contributed by atoms with Gasteiger partial charge in [-0.05, 0) is 25.1 Å². The number of nitrogens with one attached hydrogen (secondary N) is 2. The average Bonchev–Trinajstić information content (AvgIpc) is 2.88. The van der Waals surface area contributed by atoms with E-state index in [1.807, 2.05) is 6.07 Å². The third-order valence-electron chi connectivity index (χ3n) is 3.25. The van der Waals surface area contributed by atoms with Crippen molar-refractivity contribution in [3.63, 3.8) is 0 Å². The lowest BCUT2D eigenvalue weighted by molar-refractivity contribution is -0.605. The predicted octanol–water partition coefficient (Wildman–Crippen LogP) is 0.351. The van der Waals surface area contributed by atoms with Crippen LogP contribution < -0.4 is 15.6 Å². The Morgan fingerprint density at radius 3 is 2.74 bits per heavy atom. The minimum absolute atomic E-state index is 0.137. The second-order valence-corrected chi connectivity index (χ2v) is 4.84. The molecule has 3 aromatic heterocycles. The second-order valence-electron chi connectivity index (χ2n) is 4.84. The summed E-state index contributed by atoms with van der Waals surface area (Å²) in [6, 6.07) is 8.28. The van der Waals surface area contributed by atoms with Gasteiger partial charge in [0.1, 0.15) is 16.9 Å². The van der Waals surface area contributed by atoms with Crippen molar-refractivity contribution < 1.29 is 14.3 Å². The van der Waals surface area contributed by atoms with Crippen LogP contribution in [0.15, 0.2) is 48.9 Å². The first-order valence-electron chi connectivity index (χ1n) is 6.79. The third kappa shape index (κ3) is 2.82. The Hall–Kier alpha value is -3.42. The largest absolute Gasteiger partial charge is 0.619 e. The summed E-state index contributed by atoms with van der Waals surface area (Å²) in [5.41, 5.74) is 6.24. The molecular formula is C15H13N5O3. The quantitative estimate of drug-likeness (QED) is 0.405. The summed E-state index contributed by atoms with van der Waals surface area (Å²) in [6.45, 7) is 1.71. The summed E-state index contributed by atoms with van der Waals surface area (Å²) in [5, 5.41) is 11.1. The fourth-order valence-electron chi connectivity index (χ4n) is 2.22. The normalized spacial score (nSPS) is 10.5. The van der Waals surface area contributed by atoms with Crippen LogP contribution in [0, 0.1) is 12.1 Å². The summed E-state index contributed by atoms with van der Waals surface area (Å²) in [5.74, 6) is -1.09. The minimum atomic E-state index is -0.588. The van der Waals surface area contributed by atoms with Crippen LogP contribution in [-0.2, 0) is 0 Å². The van der Waals surface area contributed by atoms with E-state index in [0.29, 0.717) is 21.8 Å². The highest BCUT2D eigenvalue weighted by Crippen LogP contribution is 2.11. The zero-order valence-corrected chi connectivity index (χ0v) is 12.2. The van der Waals surface area contributed by atoms with Gasteiger partial charge in [-0.2, -0.15) is 4.73 Å². The number of fused-ring (bicyclic) bond motifs is 1. The molecule has 0 bridgehead atoms. The van der Waals surface area contributed by atoms with Gasteiger partial charge in [-0.3, -0.25) is 24.8 Å². The van der Waals surface area contributed by atoms with Crippen molar-refractivity contribution in [2.24, 2.45) is 0 Å². The van der Waals surface area contributed by atoms with Gasteiger partial charge < -0.3 is 5.21 Å². The smallest absolute Gasteiger partial charge is 0.288 e. The zero-order valence-electron chi connectivity index (χ0n) is 12.2. The van der Waals surface area contributed by atoms with Crippen molar-refractivity contribution in [2.45, 2.75) is 6.92 Å². The number of rotatable bonds is 2. The van der Waals surface area contributed by atoms with Gasteiger partial charge in [0.25, 0.3) is 11.8 Å². The average molecular weight is 311 g/mol. The van der Waals surface area contributed by atoms with Crippen molar-refractivity contribution in [1.29, 1.82) is 0 Å². The van der Waals surface area contributed by atoms with Gasteiger partial charge in [0.05, 0.1) is 5.69 Å². The lowest BCUT2D eigenvalue weighted by Gasteiger charge is -2.07. The Kier molecular flexibility index (Phi) is 3.63. The molecule has 0 atom stereocenters. The van der Waals surface area contributed by atoms with Gasteiger partial charge in [-0.25, -0.2) is 4.98 Å². The van der Waals surface area contributed by atoms with E-state index in [9.17, 15) is 14.8 Å². The standard InChI is InChI=1S/C15H13N5O3/c1-10-13(20-8-3-2-6-12(20)16-10)15(22)18-17-14(21)11-5-4-7-19(23)9-11/h2-9H,1H3,(H,17,21)(H,18,22). The zero-order chi connectivity index (χ0) is 16.4. The van der Waals surface area contributed by atoms with Gasteiger partial charge in [-0.15, -0.1) is 0 Å². The predicted molar refractivity (Wildman–Crippen MR) is 80.3 cm³/mol. The second kappa shape index (κ2) is 5.76. The van der Waals surface area contributed by atoms with Crippen LogP contribution >= 0.6 is 0 Å². The van der Waals surface area contributed by atoms with E-state index < -0.39 is 11.8 Å². The summed E-state index contributed by atoms with van der Waals surface area (Å²) >= 11 is 0. The first kappa shape index (κ1) is 14.5. The molecule has 0 radical (unpaired) electrons. The molecule has 0 aliphatic rings. The number of hydrogen-bond acceptors (Lipinski definition) is 4. The summed E-state index contributed by atoms with van der Waals surface area (Å²) in [4.78, 5) is 28.5. The molecule has 3 heterocycles. The first-order chi connectivity index (χ1) is 11.1. The van der Waals surface area contributed by atoms with Gasteiger partial charge in [0, 0.05) is 12.3 Å². The van der Waals surface area contributed by atoms with Crippen LogP contribution in [0.3, 0.4) is 0 Å². The Morgan fingerprint density at radius 1 is 1.17 bits per heavy atom. The van der Waals surface area contributed by atoms with Crippen molar-refractivity contribution in [3.05, 3.63) is 71.1 Å². The van der Waals surface area contributed by atoms with Gasteiger partial charge in [-0.1, -0.05) is 6.07 Å². The molecule has 116 valence electrons. The number of imidazole rings is 1. The fourth-order valence-corrected chi connectivity index (χ4v) is 2.22. The Bertz CT molecular complexity index is 903. The topological polar surface area (TPSA) is 102 Å². The number of amides is 2. The van der Waals surface area contributed by atoms with Crippen LogP contribution in [0.1, 0.15) is 26.5 Å². The Morgan fingerprint density at radius 2 is 1.96 bits per heavy atom. The number of aryl methyl sites for hydroxylation is 1. The molecule has 3 rings (SSSR count). The van der Waals surface area contributed by atoms with Crippen LogP contribution in [0.4, 0.5) is 0 Å². The number of aromatic nitrogens is 3. The Balaban J connectivity index is 1.76. The van der Waals surface area contributed by atoms with Crippen molar-refractivity contribution in [1.82, 2.24) is 20.2 Å². The molecule has 0 saturated heterocycles. The molecule has 2 amide bonds. The van der Waals surface area contributed by atoms with Gasteiger partial charge in [0.15, 0.2) is 12.4 Å². The fraction of sp³-hybridized carbons (Fsp3) is 0.0667. The van der Waals surface area contributed by atoms with Crippen LogP contribution in [0.25, 0.3) is 5.65 Å². The van der Waals surface area contributed by atoms with E-state index in [0.717, 1.165) is 6.20 Å². The van der Waals surface area contributed by atoms with E-state index in [1.54, 1.807) is 29.7 Å². The molecule has 8 nitrogen and oxygen atoms in total. The molecule has 0 unspecified atom stereocenters. The Labute approximate surface area is 130 Å². The highest BCUT2D eigenvalue weighted by atomic mass is 16.5. The molecule has 2 N–H and O–H groups in total. The van der Waals surface area contributed by atoms with Crippen LogP contribution in [-0.4, -0.2) is 21.2 Å². The lowest BCUT2D eigenvalue weighted by Crippen LogP contribution is -2.43. The molecule has 3 aromatic rings. The number of pyridine rings is 2. The van der Waals surface area contributed by atoms with E-state index in [4.69, 9.17) is 0 Å². The molecule has 0 aliphatic heterocycles. The third-order valence-corrected chi connectivity index (χ3v) is 3.25. The highest BCUT2D eigenvalue weighted by molar-refractivity contribution is 5.99. The van der Waals surface area contributed by atoms with Crippen molar-refractivity contribution in [3.8, 4) is 0 Å². The molecule has 8 heteroatoms. The van der Waals surface area contributed by atoms with Crippen LogP contribution in [0.5, 0.6) is 0 Å². The number of nitrogens with zero attached hydrogens (tertiary/aromatic N) is 3. The van der Waals surface area contributed by atoms with E-state index >= 15 is 0 Å². The maximum Gasteiger partial charge on any atom is 0.288 e. The lowest BCUT2D eigenvalue weighted by atomic mass is 10.3. The monoisotopic (exact) mass is 311 g/mol. The molecule has 0 spiro atoms. The SMILES string of the molecule is Cc1nc2ccccn2c1C(=O)NNC(=O)c1ccc[n+]([O-])c1. The minimum Gasteiger partial charge on any atom is -0.619 e. The summed E-state index contributed by atoms with van der Waals surface area (Å²) < 4.78 is 2.14. The highest BCUT2D eigenvalue weighted by Gasteiger charge is 2.17.